The van der Waals surface area contributed by atoms with Crippen LogP contribution in [0.1, 0.15) is 30.9 Å². The van der Waals surface area contributed by atoms with Crippen LogP contribution in [-0.2, 0) is 23.8 Å². The summed E-state index contributed by atoms with van der Waals surface area (Å²) in [5.74, 6) is 2.98. The second-order valence-electron chi connectivity index (χ2n) is 10.2. The van der Waals surface area contributed by atoms with Crippen molar-refractivity contribution in [2.75, 3.05) is 46.6 Å². The molecule has 0 bridgehead atoms. The fourth-order valence-corrected chi connectivity index (χ4v) is 4.68. The topological polar surface area (TPSA) is 211 Å². The van der Waals surface area contributed by atoms with E-state index in [1.54, 1.807) is 44.2 Å². The van der Waals surface area contributed by atoms with Gasteiger partial charge in [-0.1, -0.05) is 36.1 Å². The molecule has 0 aromatic heterocycles. The molecule has 15 nitrogen and oxygen atoms in total. The highest BCUT2D eigenvalue weighted by Gasteiger charge is 2.38. The summed E-state index contributed by atoms with van der Waals surface area (Å²) in [7, 11) is 1.19. The quantitative estimate of drug-likeness (QED) is 0.0572. The highest BCUT2D eigenvalue weighted by atomic mass is 16.6. The fourth-order valence-electron chi connectivity index (χ4n) is 4.68. The number of nitrogens with one attached hydrogen (secondary N) is 3. The van der Waals surface area contributed by atoms with E-state index in [-0.39, 0.29) is 49.7 Å². The summed E-state index contributed by atoms with van der Waals surface area (Å²) in [6, 6.07) is 14.3. The van der Waals surface area contributed by atoms with E-state index in [2.05, 4.69) is 27.8 Å². The maximum atomic E-state index is 13.2. The number of alkyl carbamates (subject to hydrolysis) is 1. The van der Waals surface area contributed by atoms with Gasteiger partial charge in [0, 0.05) is 43.2 Å². The Bertz CT molecular complexity index is 1690. The predicted octanol–water partition coefficient (Wildman–Crippen LogP) is 2.18. The second-order valence-corrected chi connectivity index (χ2v) is 10.2. The molecule has 0 saturated heterocycles. The van der Waals surface area contributed by atoms with Crippen LogP contribution in [0.2, 0.25) is 0 Å². The van der Waals surface area contributed by atoms with Gasteiger partial charge in [0.1, 0.15) is 24.5 Å². The predicted molar refractivity (Wildman–Crippen MR) is 170 cm³/mol. The Hall–Kier alpha value is -5.90. The van der Waals surface area contributed by atoms with E-state index in [1.807, 2.05) is 6.07 Å². The Morgan fingerprint density at radius 2 is 1.71 bits per heavy atom. The van der Waals surface area contributed by atoms with Gasteiger partial charge in [0.25, 0.3) is 5.69 Å². The lowest BCUT2D eigenvalue weighted by Gasteiger charge is -2.30. The van der Waals surface area contributed by atoms with Crippen molar-refractivity contribution in [3.63, 3.8) is 0 Å². The number of para-hydroxylation sites is 1. The van der Waals surface area contributed by atoms with Crippen molar-refractivity contribution in [1.82, 2.24) is 16.0 Å². The zero-order valence-corrected chi connectivity index (χ0v) is 26.5. The molecule has 2 aromatic rings. The van der Waals surface area contributed by atoms with Crippen LogP contribution in [0.25, 0.3) is 0 Å². The normalized spacial score (nSPS) is 14.4. The molecule has 0 radical (unpaired) electrons. The van der Waals surface area contributed by atoms with Gasteiger partial charge in [-0.2, -0.15) is 5.26 Å². The fraction of sp³-hybridized carbons (Fsp3) is 0.333. The number of dihydropyridines is 1. The third-order valence-electron chi connectivity index (χ3n) is 6.87. The van der Waals surface area contributed by atoms with E-state index in [9.17, 15) is 29.6 Å². The summed E-state index contributed by atoms with van der Waals surface area (Å²) in [4.78, 5) is 48.7. The molecule has 0 fully saturated rings. The van der Waals surface area contributed by atoms with E-state index in [0.717, 1.165) is 0 Å². The molecule has 0 aliphatic carbocycles. The molecule has 0 spiro atoms. The van der Waals surface area contributed by atoms with E-state index in [4.69, 9.17) is 24.2 Å². The van der Waals surface area contributed by atoms with Gasteiger partial charge in [-0.15, -0.1) is 0 Å². The van der Waals surface area contributed by atoms with E-state index in [0.29, 0.717) is 34.8 Å². The molecule has 1 aliphatic rings. The lowest BCUT2D eigenvalue weighted by atomic mass is 9.80. The van der Waals surface area contributed by atoms with Crippen LogP contribution >= 0.6 is 0 Å². The summed E-state index contributed by atoms with van der Waals surface area (Å²) in [5, 5.41) is 39.0. The smallest absolute Gasteiger partial charge is 0.408 e. The summed E-state index contributed by atoms with van der Waals surface area (Å²) in [5.41, 5.74) is 1.42. The van der Waals surface area contributed by atoms with E-state index >= 15 is 0 Å². The van der Waals surface area contributed by atoms with Crippen molar-refractivity contribution < 1.29 is 43.4 Å². The first-order valence-electron chi connectivity index (χ1n) is 14.6. The van der Waals surface area contributed by atoms with Crippen molar-refractivity contribution in [2.24, 2.45) is 0 Å². The molecule has 2 aromatic carbocycles. The molecule has 15 heteroatoms. The van der Waals surface area contributed by atoms with Gasteiger partial charge in [0.15, 0.2) is 13.2 Å². The molecule has 1 heterocycles. The van der Waals surface area contributed by atoms with Gasteiger partial charge >= 0.3 is 18.0 Å². The number of aliphatic hydroxyl groups excluding tert-OH is 1. The first-order chi connectivity index (χ1) is 23.1. The van der Waals surface area contributed by atoms with Crippen LogP contribution in [0.15, 0.2) is 71.1 Å². The number of hydrogen-bond acceptors (Lipinski definition) is 13. The lowest BCUT2D eigenvalue weighted by Crippen LogP contribution is -2.37. The average Bonchev–Trinajstić information content (AvgIpc) is 3.08. The molecule has 3 rings (SSSR count). The largest absolute Gasteiger partial charge is 0.489 e. The minimum absolute atomic E-state index is 0.0209. The van der Waals surface area contributed by atoms with Crippen LogP contribution in [0.4, 0.5) is 10.5 Å². The number of nitrogens with zero attached hydrogens (tertiary/aromatic N) is 2. The molecule has 48 heavy (non-hydrogen) atoms. The number of hydrogen-bond donors (Lipinski definition) is 4. The number of methoxy groups -OCH3 is 1. The van der Waals surface area contributed by atoms with Crippen LogP contribution in [-0.4, -0.2) is 80.7 Å². The Morgan fingerprint density at radius 1 is 1.02 bits per heavy atom. The zero-order chi connectivity index (χ0) is 35.1. The van der Waals surface area contributed by atoms with Crippen LogP contribution < -0.4 is 20.7 Å². The number of carbonyl (C=O) groups excluding carboxylic acids is 3. The van der Waals surface area contributed by atoms with Crippen LogP contribution in [0.5, 0.6) is 5.75 Å². The summed E-state index contributed by atoms with van der Waals surface area (Å²) in [6.07, 6.45) is -1.57. The van der Waals surface area contributed by atoms with Crippen molar-refractivity contribution in [2.45, 2.75) is 25.9 Å². The first-order valence-corrected chi connectivity index (χ1v) is 14.6. The van der Waals surface area contributed by atoms with Crippen molar-refractivity contribution in [1.29, 1.82) is 5.26 Å². The number of nitro groups is 1. The number of rotatable bonds is 14. The van der Waals surface area contributed by atoms with Crippen molar-refractivity contribution >= 4 is 23.7 Å². The van der Waals surface area contributed by atoms with Gasteiger partial charge in [0.05, 0.1) is 34.7 Å². The van der Waals surface area contributed by atoms with Gasteiger partial charge in [0.2, 0.25) is 0 Å². The molecule has 2 atom stereocenters. The van der Waals surface area contributed by atoms with E-state index in [1.165, 1.54) is 25.3 Å². The summed E-state index contributed by atoms with van der Waals surface area (Å²) in [6.45, 7) is 3.28. The monoisotopic (exact) mass is 661 g/mol. The molecule has 4 N–H and O–H groups in total. The van der Waals surface area contributed by atoms with Gasteiger partial charge in [-0.05, 0) is 31.5 Å². The number of carbonyl (C=O) groups is 3. The highest BCUT2D eigenvalue weighted by Crippen LogP contribution is 2.40. The Balaban J connectivity index is 1.44. The number of amides is 1. The zero-order valence-electron chi connectivity index (χ0n) is 26.5. The second kappa shape index (κ2) is 18.3. The standard InChI is InChI=1S/C33H35N5O10/c1-21-28(31(40)45-3)30(23-10-8-11-25(17-23)38(43)44)29(22(2)37-21)32(41)46-15-6-7-16-47-33(42)36-14-13-35-19-26(39)20-48-27-12-5-4-9-24(27)18-34/h4-5,8-12,17,26,30,35,37,39H,13-16,19-20H2,1-3H3,(H,36,42). The van der Waals surface area contributed by atoms with Crippen molar-refractivity contribution in [3.8, 4) is 23.7 Å². The molecule has 0 saturated carbocycles. The lowest BCUT2D eigenvalue weighted by molar-refractivity contribution is -0.384. The maximum Gasteiger partial charge on any atom is 0.408 e. The Labute approximate surface area is 276 Å². The number of non-ortho nitro benzene ring substituents is 1. The maximum absolute atomic E-state index is 13.2. The molecular formula is C33H35N5O10. The number of aliphatic hydroxyl groups is 1. The Morgan fingerprint density at radius 3 is 2.40 bits per heavy atom. The molecule has 252 valence electrons. The minimum atomic E-state index is -1.01. The summed E-state index contributed by atoms with van der Waals surface area (Å²) >= 11 is 0. The third-order valence-corrected chi connectivity index (χ3v) is 6.87. The van der Waals surface area contributed by atoms with Crippen molar-refractivity contribution in [3.05, 3.63) is 92.3 Å². The molecule has 2 unspecified atom stereocenters. The van der Waals surface area contributed by atoms with Crippen LogP contribution in [0, 0.1) is 33.3 Å². The average molecular weight is 662 g/mol. The van der Waals surface area contributed by atoms with Gasteiger partial charge in [-0.25, -0.2) is 14.4 Å². The number of esters is 2. The van der Waals surface area contributed by atoms with Gasteiger partial charge in [-0.3, -0.25) is 10.1 Å². The highest BCUT2D eigenvalue weighted by molar-refractivity contribution is 6.00. The molecular weight excluding hydrogens is 626 g/mol. The number of ether oxygens (including phenoxy) is 4. The minimum Gasteiger partial charge on any atom is -0.489 e. The Kier molecular flexibility index (Phi) is 13.9. The number of nitriles is 1. The SMILES string of the molecule is COC(=O)C1=C(C)NC(C)=C(C(=O)OCC#CCOC(=O)NCCNCC(O)COc2ccccc2C#N)C1c1cccc([N+](=O)[O-])c1. The first kappa shape index (κ1) is 36.6. The molecule has 1 amide bonds. The molecule has 1 aliphatic heterocycles. The number of benzene rings is 2. The summed E-state index contributed by atoms with van der Waals surface area (Å²) < 4.78 is 20.7. The van der Waals surface area contributed by atoms with Crippen LogP contribution in [0.3, 0.4) is 0 Å². The number of allylic oxidation sites excluding steroid dienone is 2. The number of nitro benzene ring substituents is 1. The van der Waals surface area contributed by atoms with Gasteiger partial charge < -0.3 is 40.0 Å². The van der Waals surface area contributed by atoms with E-state index < -0.39 is 35.0 Å². The third kappa shape index (κ3) is 10.3.